The maximum Gasteiger partial charge on any atom is 0.307 e. The molecule has 1 saturated heterocycles. The first kappa shape index (κ1) is 21.1. The maximum absolute atomic E-state index is 14.8. The number of hydrazone groups is 1. The molecule has 2 N–H and O–H groups in total. The van der Waals surface area contributed by atoms with Crippen molar-refractivity contribution in [1.82, 2.24) is 5.43 Å². The number of furan rings is 1. The van der Waals surface area contributed by atoms with Crippen molar-refractivity contribution >= 4 is 28.3 Å². The highest BCUT2D eigenvalue weighted by Gasteiger charge is 2.21. The van der Waals surface area contributed by atoms with Gasteiger partial charge >= 0.3 is 5.91 Å². The summed E-state index contributed by atoms with van der Waals surface area (Å²) >= 11 is 0. The molecule has 6 nitrogen and oxygen atoms in total. The molecule has 0 aliphatic carbocycles. The lowest BCUT2D eigenvalue weighted by atomic mass is 10.1. The Kier molecular flexibility index (Phi) is 6.04. The van der Waals surface area contributed by atoms with Gasteiger partial charge < -0.3 is 14.2 Å². The fraction of sp³-hybridized carbons (Fsp3) is 0.333. The van der Waals surface area contributed by atoms with Gasteiger partial charge in [0.15, 0.2) is 5.76 Å². The Balaban J connectivity index is 1.46. The van der Waals surface area contributed by atoms with E-state index in [-0.39, 0.29) is 11.6 Å². The summed E-state index contributed by atoms with van der Waals surface area (Å²) in [6, 6.07) is 12.6. The average Bonchev–Trinajstić information content (AvgIpc) is 3.14. The Morgan fingerprint density at radius 2 is 1.97 bits per heavy atom. The summed E-state index contributed by atoms with van der Waals surface area (Å²) in [5, 5.41) is 5.06. The number of carbonyl (C=O) groups excluding carboxylic acids is 1. The molecule has 7 heteroatoms. The summed E-state index contributed by atoms with van der Waals surface area (Å²) in [5.74, 6) is -0.472. The van der Waals surface area contributed by atoms with Gasteiger partial charge in [0.05, 0.1) is 44.1 Å². The first-order valence-corrected chi connectivity index (χ1v) is 10.7. The zero-order valence-electron chi connectivity index (χ0n) is 18.2. The van der Waals surface area contributed by atoms with Crippen LogP contribution in [0.5, 0.6) is 0 Å². The van der Waals surface area contributed by atoms with Crippen LogP contribution < -0.4 is 15.2 Å². The number of hydrogen-bond acceptors (Lipinski definition) is 4. The molecule has 0 spiro atoms. The predicted octanol–water partition coefficient (Wildman–Crippen LogP) is 2.76. The van der Waals surface area contributed by atoms with Crippen molar-refractivity contribution < 1.29 is 18.5 Å². The average molecular weight is 424 g/mol. The van der Waals surface area contributed by atoms with E-state index in [4.69, 9.17) is 4.42 Å². The molecule has 0 bridgehead atoms. The van der Waals surface area contributed by atoms with E-state index in [2.05, 4.69) is 22.4 Å². The van der Waals surface area contributed by atoms with Crippen molar-refractivity contribution in [2.24, 2.45) is 5.10 Å². The molecule has 162 valence electrons. The number of aryl methyl sites for hydroxylation is 1. The number of amides is 1. The monoisotopic (exact) mass is 423 g/mol. The number of quaternary nitrogens is 1. The van der Waals surface area contributed by atoms with Crippen LogP contribution in [0, 0.1) is 12.7 Å². The topological polar surface area (TPSA) is 62.3 Å². The molecule has 2 aromatic carbocycles. The highest BCUT2D eigenvalue weighted by atomic mass is 19.1. The largest absolute Gasteiger partial charge is 0.451 e. The molecule has 0 unspecified atom stereocenters. The Bertz CT molecular complexity index is 1130. The fourth-order valence-corrected chi connectivity index (χ4v) is 4.05. The minimum absolute atomic E-state index is 0.229. The number of para-hydroxylation sites is 1. The Morgan fingerprint density at radius 3 is 2.65 bits per heavy atom. The summed E-state index contributed by atoms with van der Waals surface area (Å²) in [5.41, 5.74) is 5.72. The molecule has 1 aliphatic rings. The van der Waals surface area contributed by atoms with E-state index in [1.807, 2.05) is 37.3 Å². The highest BCUT2D eigenvalue weighted by Crippen LogP contribution is 2.25. The minimum atomic E-state index is -0.429. The second-order valence-electron chi connectivity index (χ2n) is 7.95. The smallest absolute Gasteiger partial charge is 0.307 e. The number of nitrogens with zero attached hydrogens (tertiary/aromatic N) is 2. The first-order chi connectivity index (χ1) is 15.0. The third-order valence-corrected chi connectivity index (χ3v) is 6.05. The van der Waals surface area contributed by atoms with E-state index in [9.17, 15) is 9.18 Å². The lowest BCUT2D eigenvalue weighted by molar-refractivity contribution is -0.898. The van der Waals surface area contributed by atoms with Crippen LogP contribution in [0.1, 0.15) is 35.5 Å². The first-order valence-electron chi connectivity index (χ1n) is 10.7. The fourth-order valence-electron chi connectivity index (χ4n) is 4.05. The summed E-state index contributed by atoms with van der Waals surface area (Å²) in [7, 11) is 0. The van der Waals surface area contributed by atoms with Crippen LogP contribution in [0.2, 0.25) is 0 Å². The van der Waals surface area contributed by atoms with Crippen LogP contribution in [0.4, 0.5) is 10.1 Å². The van der Waals surface area contributed by atoms with Crippen molar-refractivity contribution in [3.8, 4) is 0 Å². The van der Waals surface area contributed by atoms with Crippen molar-refractivity contribution in [2.45, 2.75) is 20.8 Å². The minimum Gasteiger partial charge on any atom is -0.451 e. The molecule has 1 aliphatic heterocycles. The number of anilines is 1. The SMILES string of the molecule is CC[NH+]1CCN(c2ccc(/C(C)=N\NC(=O)c3oc4ccccc4c3C)cc2F)CC1. The molecule has 31 heavy (non-hydrogen) atoms. The van der Waals surface area contributed by atoms with Gasteiger partial charge in [0, 0.05) is 16.5 Å². The van der Waals surface area contributed by atoms with Gasteiger partial charge in [-0.1, -0.05) is 24.3 Å². The quantitative estimate of drug-likeness (QED) is 0.490. The summed E-state index contributed by atoms with van der Waals surface area (Å²) in [4.78, 5) is 16.2. The zero-order chi connectivity index (χ0) is 22.0. The summed E-state index contributed by atoms with van der Waals surface area (Å²) in [6.07, 6.45) is 0. The molecular weight excluding hydrogens is 395 g/mol. The standard InChI is InChI=1S/C24H27FN4O2/c1-4-28-11-13-29(14-12-28)21-10-9-18(15-20(21)25)17(3)26-27-24(30)23-16(2)19-7-5-6-8-22(19)31-23/h5-10,15H,4,11-14H2,1-3H3,(H,27,30)/p+1/b26-17-. The second-order valence-corrected chi connectivity index (χ2v) is 7.95. The molecule has 4 rings (SSSR count). The van der Waals surface area contributed by atoms with Gasteiger partial charge in [-0.25, -0.2) is 9.82 Å². The van der Waals surface area contributed by atoms with Gasteiger partial charge in [0.1, 0.15) is 11.4 Å². The molecule has 1 fully saturated rings. The van der Waals surface area contributed by atoms with Crippen LogP contribution in [-0.2, 0) is 0 Å². The maximum atomic E-state index is 14.8. The molecular formula is C24H28FN4O2+. The van der Waals surface area contributed by atoms with E-state index in [0.717, 1.165) is 43.7 Å². The van der Waals surface area contributed by atoms with Crippen LogP contribution >= 0.6 is 0 Å². The summed E-state index contributed by atoms with van der Waals surface area (Å²) in [6.45, 7) is 10.6. The van der Waals surface area contributed by atoms with E-state index >= 15 is 0 Å². The molecule has 3 aromatic rings. The third kappa shape index (κ3) is 4.32. The Morgan fingerprint density at radius 1 is 1.23 bits per heavy atom. The van der Waals surface area contributed by atoms with Gasteiger partial charge in [-0.05, 0) is 39.0 Å². The number of likely N-dealkylation sites (N-methyl/N-ethyl adjacent to an activating group) is 1. The normalized spacial score (nSPS) is 15.5. The van der Waals surface area contributed by atoms with E-state index in [1.165, 1.54) is 6.07 Å². The number of nitrogens with one attached hydrogen (secondary N) is 2. The van der Waals surface area contributed by atoms with E-state index in [0.29, 0.717) is 22.5 Å². The Labute approximate surface area is 181 Å². The molecule has 0 radical (unpaired) electrons. The van der Waals surface area contributed by atoms with Crippen molar-refractivity contribution in [3.63, 3.8) is 0 Å². The second kappa shape index (κ2) is 8.89. The number of rotatable bonds is 5. The lowest BCUT2D eigenvalue weighted by Gasteiger charge is -2.33. The van der Waals surface area contributed by atoms with E-state index < -0.39 is 5.91 Å². The molecule has 1 aromatic heterocycles. The van der Waals surface area contributed by atoms with Gasteiger partial charge in [-0.3, -0.25) is 4.79 Å². The number of fused-ring (bicyclic) bond motifs is 1. The number of piperazine rings is 1. The van der Waals surface area contributed by atoms with Crippen LogP contribution in [0.25, 0.3) is 11.0 Å². The van der Waals surface area contributed by atoms with Gasteiger partial charge in [-0.15, -0.1) is 0 Å². The molecule has 0 atom stereocenters. The van der Waals surface area contributed by atoms with Crippen LogP contribution in [0.15, 0.2) is 52.0 Å². The van der Waals surface area contributed by atoms with E-state index in [1.54, 1.807) is 17.9 Å². The van der Waals surface area contributed by atoms with Gasteiger partial charge in [0.25, 0.3) is 0 Å². The highest BCUT2D eigenvalue weighted by molar-refractivity contribution is 6.02. The Hall–Kier alpha value is -3.19. The zero-order valence-corrected chi connectivity index (χ0v) is 18.2. The molecule has 0 saturated carbocycles. The van der Waals surface area contributed by atoms with Crippen molar-refractivity contribution in [3.05, 3.63) is 65.2 Å². The number of benzene rings is 2. The number of hydrogen-bond donors (Lipinski definition) is 2. The van der Waals surface area contributed by atoms with Crippen LogP contribution in [-0.4, -0.2) is 44.3 Å². The van der Waals surface area contributed by atoms with Gasteiger partial charge in [-0.2, -0.15) is 5.10 Å². The van der Waals surface area contributed by atoms with Crippen LogP contribution in [0.3, 0.4) is 0 Å². The lowest BCUT2D eigenvalue weighted by Crippen LogP contribution is -3.14. The number of carbonyl (C=O) groups is 1. The van der Waals surface area contributed by atoms with Gasteiger partial charge in [0.2, 0.25) is 0 Å². The van der Waals surface area contributed by atoms with Crippen molar-refractivity contribution in [2.75, 3.05) is 37.6 Å². The predicted molar refractivity (Wildman–Crippen MR) is 120 cm³/mol. The third-order valence-electron chi connectivity index (χ3n) is 6.05. The molecule has 2 heterocycles. The molecule has 1 amide bonds. The van der Waals surface area contributed by atoms with Crippen molar-refractivity contribution in [1.29, 1.82) is 0 Å². The number of halogens is 1. The summed E-state index contributed by atoms with van der Waals surface area (Å²) < 4.78 is 20.5.